The largest absolute Gasteiger partial charge is 0.491 e. The fraction of sp³-hybridized carbons (Fsp3) is 0.364. The van der Waals surface area contributed by atoms with E-state index in [1.807, 2.05) is 19.2 Å². The van der Waals surface area contributed by atoms with Crippen LogP contribution >= 0.6 is 23.2 Å². The summed E-state index contributed by atoms with van der Waals surface area (Å²) in [5.41, 5.74) is 8.52. The predicted octanol–water partition coefficient (Wildman–Crippen LogP) is 3.89. The lowest BCUT2D eigenvalue weighted by Gasteiger charge is -2.20. The van der Waals surface area contributed by atoms with E-state index in [9.17, 15) is 4.79 Å². The molecule has 3 N–H and O–H groups in total. The number of rotatable bonds is 6. The van der Waals surface area contributed by atoms with E-state index in [0.29, 0.717) is 59.0 Å². The first-order valence-electron chi connectivity index (χ1n) is 10.6. The molecule has 0 unspecified atom stereocenters. The fourth-order valence-electron chi connectivity index (χ4n) is 3.85. The molecule has 2 amide bonds. The number of carbonyl (C=O) groups is 1. The molecule has 33 heavy (non-hydrogen) atoms. The number of urea groups is 1. The van der Waals surface area contributed by atoms with Gasteiger partial charge < -0.3 is 20.7 Å². The third kappa shape index (κ3) is 4.56. The number of hydrogen-bond acceptors (Lipinski definition) is 6. The van der Waals surface area contributed by atoms with E-state index in [1.54, 1.807) is 27.9 Å². The molecule has 9 nitrogen and oxygen atoms in total. The summed E-state index contributed by atoms with van der Waals surface area (Å²) in [5.74, 6) is 0.585. The van der Waals surface area contributed by atoms with Crippen LogP contribution in [0.25, 0.3) is 11.3 Å². The van der Waals surface area contributed by atoms with E-state index in [-0.39, 0.29) is 17.5 Å². The van der Waals surface area contributed by atoms with Crippen LogP contribution in [-0.2, 0) is 19.6 Å². The van der Waals surface area contributed by atoms with Crippen molar-refractivity contribution in [3.63, 3.8) is 0 Å². The van der Waals surface area contributed by atoms with Gasteiger partial charge in [0.1, 0.15) is 12.4 Å². The number of benzene rings is 1. The van der Waals surface area contributed by atoms with Gasteiger partial charge in [0.15, 0.2) is 0 Å². The van der Waals surface area contributed by atoms with Gasteiger partial charge in [-0.1, -0.05) is 23.2 Å². The van der Waals surface area contributed by atoms with Crippen molar-refractivity contribution >= 4 is 35.2 Å². The van der Waals surface area contributed by atoms with Gasteiger partial charge in [-0.15, -0.1) is 0 Å². The summed E-state index contributed by atoms with van der Waals surface area (Å²) in [6.07, 6.45) is 5.53. The van der Waals surface area contributed by atoms with Crippen molar-refractivity contribution < 1.29 is 9.53 Å². The predicted molar refractivity (Wildman–Crippen MR) is 125 cm³/mol. The van der Waals surface area contributed by atoms with E-state index < -0.39 is 0 Å². The van der Waals surface area contributed by atoms with Gasteiger partial charge in [-0.2, -0.15) is 5.10 Å². The van der Waals surface area contributed by atoms with Gasteiger partial charge >= 0.3 is 6.03 Å². The normalized spacial score (nSPS) is 15.9. The Morgan fingerprint density at radius 1 is 1.27 bits per heavy atom. The van der Waals surface area contributed by atoms with Gasteiger partial charge in [-0.05, 0) is 38.0 Å². The Kier molecular flexibility index (Phi) is 5.54. The minimum Gasteiger partial charge on any atom is -0.491 e. The van der Waals surface area contributed by atoms with Crippen molar-refractivity contribution in [1.82, 2.24) is 30.0 Å². The molecule has 2 aromatic heterocycles. The minimum absolute atomic E-state index is 0.105. The van der Waals surface area contributed by atoms with Crippen LogP contribution in [0.2, 0.25) is 10.0 Å². The van der Waals surface area contributed by atoms with Gasteiger partial charge in [0.25, 0.3) is 0 Å². The van der Waals surface area contributed by atoms with Crippen LogP contribution in [0.4, 0.5) is 10.7 Å². The minimum atomic E-state index is -0.129. The molecule has 1 saturated carbocycles. The van der Waals surface area contributed by atoms with Crippen LogP contribution in [0.5, 0.6) is 5.75 Å². The highest BCUT2D eigenvalue weighted by molar-refractivity contribution is 6.37. The second-order valence-corrected chi connectivity index (χ2v) is 9.42. The molecule has 3 aromatic rings. The molecule has 172 valence electrons. The van der Waals surface area contributed by atoms with Crippen LogP contribution in [0.1, 0.15) is 31.0 Å². The number of nitrogens with two attached hydrogens (primary N) is 1. The van der Waals surface area contributed by atoms with Gasteiger partial charge in [-0.25, -0.2) is 14.8 Å². The highest BCUT2D eigenvalue weighted by atomic mass is 35.5. The topological polar surface area (TPSA) is 111 Å². The first-order chi connectivity index (χ1) is 15.8. The van der Waals surface area contributed by atoms with E-state index >= 15 is 0 Å². The number of fused-ring (bicyclic) bond motifs is 1. The Bertz CT molecular complexity index is 1210. The smallest absolute Gasteiger partial charge is 0.318 e. The third-order valence-corrected chi connectivity index (χ3v) is 6.40. The molecule has 0 atom stereocenters. The van der Waals surface area contributed by atoms with E-state index in [2.05, 4.69) is 20.4 Å². The lowest BCUT2D eigenvalue weighted by Crippen LogP contribution is -2.42. The average Bonchev–Trinajstić information content (AvgIpc) is 3.15. The van der Waals surface area contributed by atoms with Crippen molar-refractivity contribution in [2.45, 2.75) is 44.9 Å². The van der Waals surface area contributed by atoms with Crippen molar-refractivity contribution in [2.75, 3.05) is 12.3 Å². The highest BCUT2D eigenvalue weighted by Crippen LogP contribution is 2.42. The molecule has 0 bridgehead atoms. The molecule has 2 aliphatic rings. The standard InChI is InChI=1S/C22H23Cl2N7O2/c1-22(3-4-22)29-21(32)30-11-14-16(12-30)27-20(25)28-19(14)18-15(24)9-13(23)10-17(18)33-8-7-31-6-2-5-26-31/h2,5-6,9-10H,3-4,7-8,11-12H2,1H3,(H,29,32)(H2,25,27,28). The molecular formula is C22H23Cl2N7O2. The number of amides is 2. The second-order valence-electron chi connectivity index (χ2n) is 8.58. The third-order valence-electron chi connectivity index (χ3n) is 5.89. The lowest BCUT2D eigenvalue weighted by molar-refractivity contribution is 0.193. The maximum Gasteiger partial charge on any atom is 0.318 e. The first-order valence-corrected chi connectivity index (χ1v) is 11.4. The molecule has 1 fully saturated rings. The fourth-order valence-corrected chi connectivity index (χ4v) is 4.41. The van der Waals surface area contributed by atoms with Crippen molar-refractivity contribution in [1.29, 1.82) is 0 Å². The SMILES string of the molecule is CC1(NC(=O)N2Cc3nc(N)nc(-c4c(Cl)cc(Cl)cc4OCCn4cccn4)c3C2)CC1. The number of nitrogens with one attached hydrogen (secondary N) is 1. The zero-order valence-corrected chi connectivity index (χ0v) is 19.5. The van der Waals surface area contributed by atoms with Crippen LogP contribution in [-0.4, -0.2) is 42.8 Å². The summed E-state index contributed by atoms with van der Waals surface area (Å²) in [4.78, 5) is 23.4. The number of halogens is 2. The Morgan fingerprint density at radius 2 is 2.09 bits per heavy atom. The van der Waals surface area contributed by atoms with Crippen LogP contribution < -0.4 is 15.8 Å². The molecule has 5 rings (SSSR count). The molecule has 1 aromatic carbocycles. The lowest BCUT2D eigenvalue weighted by atomic mass is 10.0. The number of hydrogen-bond donors (Lipinski definition) is 2. The second kappa shape index (κ2) is 8.39. The summed E-state index contributed by atoms with van der Waals surface area (Å²) in [6, 6.07) is 5.05. The Labute approximate surface area is 200 Å². The van der Waals surface area contributed by atoms with Gasteiger partial charge in [0.2, 0.25) is 5.95 Å². The summed E-state index contributed by atoms with van der Waals surface area (Å²) < 4.78 is 7.82. The number of nitrogen functional groups attached to an aromatic ring is 1. The molecular weight excluding hydrogens is 465 g/mol. The monoisotopic (exact) mass is 487 g/mol. The van der Waals surface area contributed by atoms with Gasteiger partial charge in [0, 0.05) is 28.5 Å². The average molecular weight is 488 g/mol. The molecule has 0 spiro atoms. The molecule has 0 radical (unpaired) electrons. The van der Waals surface area contributed by atoms with Crippen molar-refractivity contribution in [2.24, 2.45) is 0 Å². The Hall–Kier alpha value is -3.04. The number of nitrogens with zero attached hydrogens (tertiary/aromatic N) is 5. The number of aromatic nitrogens is 4. The maximum absolute atomic E-state index is 12.8. The summed E-state index contributed by atoms with van der Waals surface area (Å²) in [7, 11) is 0. The van der Waals surface area contributed by atoms with E-state index in [0.717, 1.165) is 18.4 Å². The van der Waals surface area contributed by atoms with Crippen LogP contribution in [0.15, 0.2) is 30.6 Å². The molecule has 1 aliphatic carbocycles. The van der Waals surface area contributed by atoms with Crippen molar-refractivity contribution in [3.8, 4) is 17.0 Å². The molecule has 0 saturated heterocycles. The maximum atomic E-state index is 12.8. The zero-order chi connectivity index (χ0) is 23.2. The summed E-state index contributed by atoms with van der Waals surface area (Å²) in [5, 5.41) is 8.08. The number of carbonyl (C=O) groups excluding carboxylic acids is 1. The van der Waals surface area contributed by atoms with Gasteiger partial charge in [0.05, 0.1) is 41.6 Å². The molecule has 1 aliphatic heterocycles. The van der Waals surface area contributed by atoms with E-state index in [1.165, 1.54) is 0 Å². The van der Waals surface area contributed by atoms with E-state index in [4.69, 9.17) is 33.7 Å². The summed E-state index contributed by atoms with van der Waals surface area (Å²) in [6.45, 7) is 3.63. The van der Waals surface area contributed by atoms with Crippen molar-refractivity contribution in [3.05, 3.63) is 51.9 Å². The summed E-state index contributed by atoms with van der Waals surface area (Å²) >= 11 is 12.9. The highest BCUT2D eigenvalue weighted by Gasteiger charge is 2.41. The van der Waals surface area contributed by atoms with Crippen LogP contribution in [0, 0.1) is 0 Å². The quantitative estimate of drug-likeness (QED) is 0.545. The van der Waals surface area contributed by atoms with Gasteiger partial charge in [-0.3, -0.25) is 4.68 Å². The Balaban J connectivity index is 1.46. The number of ether oxygens (including phenoxy) is 1. The first kappa shape index (κ1) is 21.8. The van der Waals surface area contributed by atoms with Crippen LogP contribution in [0.3, 0.4) is 0 Å². The Morgan fingerprint density at radius 3 is 2.82 bits per heavy atom. The molecule has 3 heterocycles. The zero-order valence-electron chi connectivity index (χ0n) is 18.0. The molecule has 11 heteroatoms. The number of anilines is 1.